The van der Waals surface area contributed by atoms with Gasteiger partial charge in [0.15, 0.2) is 5.82 Å². The minimum Gasteiger partial charge on any atom is -0.377 e. The van der Waals surface area contributed by atoms with E-state index < -0.39 is 0 Å². The summed E-state index contributed by atoms with van der Waals surface area (Å²) in [4.78, 5) is 11.3. The number of hydrogen-bond acceptors (Lipinski definition) is 6. The number of methoxy groups -OCH3 is 1. The number of anilines is 2. The highest BCUT2D eigenvalue weighted by Crippen LogP contribution is 2.18. The Morgan fingerprint density at radius 1 is 1.24 bits per heavy atom. The average molecular weight is 293 g/mol. The fourth-order valence-electron chi connectivity index (χ4n) is 2.57. The highest BCUT2D eigenvalue weighted by atomic mass is 16.5. The number of rotatable bonds is 7. The normalized spacial score (nSPS) is 16.9. The lowest BCUT2D eigenvalue weighted by Crippen LogP contribution is -2.33. The molecule has 0 atom stereocenters. The first-order valence-corrected chi connectivity index (χ1v) is 7.74. The van der Waals surface area contributed by atoms with Crippen molar-refractivity contribution in [1.82, 2.24) is 14.9 Å². The maximum absolute atomic E-state index is 5.14. The third-order valence-corrected chi connectivity index (χ3v) is 3.81. The Balaban J connectivity index is 1.94. The van der Waals surface area contributed by atoms with Gasteiger partial charge in [-0.05, 0) is 45.8 Å². The van der Waals surface area contributed by atoms with Gasteiger partial charge in [0, 0.05) is 26.3 Å². The first-order chi connectivity index (χ1) is 10.2. The average Bonchev–Trinajstić information content (AvgIpc) is 2.47. The minimum atomic E-state index is 0.433. The zero-order valence-corrected chi connectivity index (χ0v) is 13.4. The zero-order chi connectivity index (χ0) is 15.1. The highest BCUT2D eigenvalue weighted by Gasteiger charge is 2.16. The molecule has 21 heavy (non-hydrogen) atoms. The predicted octanol–water partition coefficient (Wildman–Crippen LogP) is 1.81. The second kappa shape index (κ2) is 8.14. The third-order valence-electron chi connectivity index (χ3n) is 3.81. The Hall–Kier alpha value is -1.40. The largest absolute Gasteiger partial charge is 0.377 e. The molecule has 0 bridgehead atoms. The topological polar surface area (TPSA) is 62.3 Å². The smallest absolute Gasteiger partial charge is 0.158 e. The number of piperidine rings is 1. The van der Waals surface area contributed by atoms with Crippen LogP contribution in [0.3, 0.4) is 0 Å². The lowest BCUT2D eigenvalue weighted by Gasteiger charge is -2.29. The van der Waals surface area contributed by atoms with Gasteiger partial charge in [-0.1, -0.05) is 0 Å². The Morgan fingerprint density at radius 3 is 2.52 bits per heavy atom. The maximum atomic E-state index is 5.14. The Kier molecular flexibility index (Phi) is 6.20. The first kappa shape index (κ1) is 16.0. The number of ether oxygens (including phenoxy) is 1. The van der Waals surface area contributed by atoms with Crippen molar-refractivity contribution >= 4 is 11.6 Å². The van der Waals surface area contributed by atoms with E-state index in [-0.39, 0.29) is 0 Å². The molecule has 2 rings (SSSR count). The van der Waals surface area contributed by atoms with E-state index >= 15 is 0 Å². The molecule has 1 saturated heterocycles. The molecule has 1 aromatic heterocycles. The van der Waals surface area contributed by atoms with Crippen LogP contribution < -0.4 is 10.6 Å². The lowest BCUT2D eigenvalue weighted by molar-refractivity contribution is 0.178. The quantitative estimate of drug-likeness (QED) is 0.799. The van der Waals surface area contributed by atoms with Crippen LogP contribution in [0, 0.1) is 5.92 Å². The molecule has 0 saturated carbocycles. The van der Waals surface area contributed by atoms with Crippen molar-refractivity contribution in [2.24, 2.45) is 5.92 Å². The molecule has 1 aromatic rings. The van der Waals surface area contributed by atoms with Gasteiger partial charge in [0.1, 0.15) is 18.2 Å². The van der Waals surface area contributed by atoms with E-state index in [9.17, 15) is 0 Å². The van der Waals surface area contributed by atoms with Gasteiger partial charge in [-0.25, -0.2) is 9.97 Å². The number of nitrogens with zero attached hydrogens (tertiary/aromatic N) is 3. The summed E-state index contributed by atoms with van der Waals surface area (Å²) in [6, 6.07) is 1.97. The molecule has 118 valence electrons. The van der Waals surface area contributed by atoms with Crippen LogP contribution in [-0.4, -0.2) is 55.2 Å². The summed E-state index contributed by atoms with van der Waals surface area (Å²) >= 11 is 0. The molecule has 2 N–H and O–H groups in total. The Labute approximate surface area is 127 Å². The molecule has 1 aliphatic heterocycles. The molecule has 6 heteroatoms. The van der Waals surface area contributed by atoms with Crippen molar-refractivity contribution in [3.8, 4) is 0 Å². The molecule has 0 radical (unpaired) electrons. The fourth-order valence-corrected chi connectivity index (χ4v) is 2.57. The van der Waals surface area contributed by atoms with Crippen molar-refractivity contribution in [3.05, 3.63) is 11.9 Å². The van der Waals surface area contributed by atoms with E-state index in [1.165, 1.54) is 25.9 Å². The van der Waals surface area contributed by atoms with Crippen molar-refractivity contribution in [3.63, 3.8) is 0 Å². The lowest BCUT2D eigenvalue weighted by atomic mass is 9.97. The Morgan fingerprint density at radius 2 is 1.90 bits per heavy atom. The fraction of sp³-hybridized carbons (Fsp3) is 0.733. The van der Waals surface area contributed by atoms with Crippen LogP contribution in [0.25, 0.3) is 0 Å². The molecular formula is C15H27N5O. The van der Waals surface area contributed by atoms with Gasteiger partial charge < -0.3 is 20.3 Å². The van der Waals surface area contributed by atoms with Crippen LogP contribution in [0.5, 0.6) is 0 Å². The SMILES string of the molecule is CCNc1cc(NCC2CCN(C)CC2)nc(COC)n1. The predicted molar refractivity (Wildman–Crippen MR) is 85.6 cm³/mol. The third kappa shape index (κ3) is 5.13. The standard InChI is InChI=1S/C15H27N5O/c1-4-16-13-9-14(19-15(18-13)11-21-3)17-10-12-5-7-20(2)8-6-12/h9,12H,4-8,10-11H2,1-3H3,(H2,16,17,18,19). The summed E-state index contributed by atoms with van der Waals surface area (Å²) in [5.74, 6) is 3.17. The second-order valence-corrected chi connectivity index (χ2v) is 5.65. The summed E-state index contributed by atoms with van der Waals surface area (Å²) < 4.78 is 5.14. The van der Waals surface area contributed by atoms with Gasteiger partial charge in [0.05, 0.1) is 0 Å². The summed E-state index contributed by atoms with van der Waals surface area (Å²) in [7, 11) is 3.85. The van der Waals surface area contributed by atoms with Crippen LogP contribution in [0.2, 0.25) is 0 Å². The number of hydrogen-bond donors (Lipinski definition) is 2. The zero-order valence-electron chi connectivity index (χ0n) is 13.4. The summed E-state index contributed by atoms with van der Waals surface area (Å²) in [6.45, 7) is 6.69. The van der Waals surface area contributed by atoms with E-state index in [4.69, 9.17) is 4.74 Å². The molecule has 0 spiro atoms. The van der Waals surface area contributed by atoms with Gasteiger partial charge in [-0.3, -0.25) is 0 Å². The number of likely N-dealkylation sites (tertiary alicyclic amines) is 1. The van der Waals surface area contributed by atoms with E-state index in [0.29, 0.717) is 12.4 Å². The van der Waals surface area contributed by atoms with Crippen molar-refractivity contribution < 1.29 is 4.74 Å². The van der Waals surface area contributed by atoms with Crippen LogP contribution in [0.4, 0.5) is 11.6 Å². The van der Waals surface area contributed by atoms with E-state index in [2.05, 4.69) is 39.5 Å². The van der Waals surface area contributed by atoms with E-state index in [1.54, 1.807) is 7.11 Å². The van der Waals surface area contributed by atoms with Crippen LogP contribution in [0.15, 0.2) is 6.07 Å². The molecule has 0 aromatic carbocycles. The van der Waals surface area contributed by atoms with Gasteiger partial charge in [0.25, 0.3) is 0 Å². The Bertz CT molecular complexity index is 408. The monoisotopic (exact) mass is 293 g/mol. The second-order valence-electron chi connectivity index (χ2n) is 5.65. The van der Waals surface area contributed by atoms with Gasteiger partial charge in [-0.15, -0.1) is 0 Å². The van der Waals surface area contributed by atoms with E-state index in [1.807, 2.05) is 6.07 Å². The van der Waals surface area contributed by atoms with Gasteiger partial charge >= 0.3 is 0 Å². The number of nitrogens with one attached hydrogen (secondary N) is 2. The van der Waals surface area contributed by atoms with E-state index in [0.717, 1.165) is 30.6 Å². The maximum Gasteiger partial charge on any atom is 0.158 e. The van der Waals surface area contributed by atoms with Crippen molar-refractivity contribution in [1.29, 1.82) is 0 Å². The molecule has 2 heterocycles. The summed E-state index contributed by atoms with van der Waals surface area (Å²) in [6.07, 6.45) is 2.50. The van der Waals surface area contributed by atoms with Crippen LogP contribution >= 0.6 is 0 Å². The van der Waals surface area contributed by atoms with Crippen LogP contribution in [0.1, 0.15) is 25.6 Å². The number of aromatic nitrogens is 2. The van der Waals surface area contributed by atoms with Gasteiger partial charge in [0.2, 0.25) is 0 Å². The summed E-state index contributed by atoms with van der Waals surface area (Å²) in [5, 5.41) is 6.70. The molecule has 6 nitrogen and oxygen atoms in total. The molecule has 1 aliphatic rings. The first-order valence-electron chi connectivity index (χ1n) is 7.74. The highest BCUT2D eigenvalue weighted by molar-refractivity contribution is 5.47. The molecule has 0 amide bonds. The molecular weight excluding hydrogens is 266 g/mol. The van der Waals surface area contributed by atoms with Crippen LogP contribution in [-0.2, 0) is 11.3 Å². The summed E-state index contributed by atoms with van der Waals surface area (Å²) in [5.41, 5.74) is 0. The molecule has 0 unspecified atom stereocenters. The van der Waals surface area contributed by atoms with Crippen molar-refractivity contribution in [2.45, 2.75) is 26.4 Å². The van der Waals surface area contributed by atoms with Gasteiger partial charge in [-0.2, -0.15) is 0 Å². The van der Waals surface area contributed by atoms with Crippen molar-refractivity contribution in [2.75, 3.05) is 51.0 Å². The minimum absolute atomic E-state index is 0.433. The molecule has 0 aliphatic carbocycles. The molecule has 1 fully saturated rings.